The van der Waals surface area contributed by atoms with Gasteiger partial charge in [-0.25, -0.2) is 4.98 Å². The van der Waals surface area contributed by atoms with Crippen LogP contribution < -0.4 is 9.64 Å². The van der Waals surface area contributed by atoms with Gasteiger partial charge < -0.3 is 14.5 Å². The van der Waals surface area contributed by atoms with E-state index >= 15 is 0 Å². The number of aromatic nitrogens is 1. The van der Waals surface area contributed by atoms with Gasteiger partial charge in [-0.15, -0.1) is 0 Å². The average molecular weight is 322 g/mol. The zero-order valence-electron chi connectivity index (χ0n) is 13.5. The first-order valence-corrected chi connectivity index (χ1v) is 7.72. The number of pyridine rings is 1. The third-order valence-corrected chi connectivity index (χ3v) is 4.03. The van der Waals surface area contributed by atoms with E-state index in [0.29, 0.717) is 31.0 Å². The third-order valence-electron chi connectivity index (χ3n) is 4.03. The largest absolute Gasteiger partial charge is 0.497 e. The average Bonchev–Trinajstić information content (AvgIpc) is 2.63. The second-order valence-electron chi connectivity index (χ2n) is 5.57. The number of carbonyl (C=O) groups is 1. The summed E-state index contributed by atoms with van der Waals surface area (Å²) in [4.78, 5) is 20.4. The number of methoxy groups -OCH3 is 1. The van der Waals surface area contributed by atoms with Gasteiger partial charge in [-0.05, 0) is 29.8 Å². The number of hydrogen-bond donors (Lipinski definition) is 0. The van der Waals surface area contributed by atoms with Crippen LogP contribution in [0.5, 0.6) is 5.75 Å². The molecule has 0 saturated carbocycles. The van der Waals surface area contributed by atoms with Gasteiger partial charge in [0.15, 0.2) is 0 Å². The van der Waals surface area contributed by atoms with Crippen LogP contribution in [0, 0.1) is 11.3 Å². The molecule has 0 bridgehead atoms. The Bertz CT molecular complexity index is 785. The maximum absolute atomic E-state index is 12.5. The molecule has 0 radical (unpaired) electrons. The maximum atomic E-state index is 12.5. The number of rotatable bonds is 4. The van der Waals surface area contributed by atoms with Crippen molar-refractivity contribution in [2.24, 2.45) is 0 Å². The molecular weight excluding hydrogens is 304 g/mol. The Hall–Kier alpha value is -3.07. The molecule has 1 amide bonds. The van der Waals surface area contributed by atoms with Crippen LogP contribution in [0.4, 0.5) is 5.82 Å². The number of amides is 1. The lowest BCUT2D eigenvalue weighted by Crippen LogP contribution is -2.50. The third kappa shape index (κ3) is 3.30. The molecule has 1 aliphatic heterocycles. The lowest BCUT2D eigenvalue weighted by molar-refractivity contribution is -0.131. The summed E-state index contributed by atoms with van der Waals surface area (Å²) in [6, 6.07) is 13.3. The van der Waals surface area contributed by atoms with Crippen LogP contribution in [0.25, 0.3) is 0 Å². The summed E-state index contributed by atoms with van der Waals surface area (Å²) < 4.78 is 5.22. The van der Waals surface area contributed by atoms with Crippen LogP contribution in [0.3, 0.4) is 0 Å². The normalized spacial score (nSPS) is 14.4. The minimum absolute atomic E-state index is 0.0265. The summed E-state index contributed by atoms with van der Waals surface area (Å²) in [5.41, 5.74) is 1.53. The predicted octanol–water partition coefficient (Wildman–Crippen LogP) is 1.81. The Labute approximate surface area is 140 Å². The molecule has 6 nitrogen and oxygen atoms in total. The first-order chi connectivity index (χ1) is 11.7. The summed E-state index contributed by atoms with van der Waals surface area (Å²) in [5, 5.41) is 9.19. The van der Waals surface area contributed by atoms with Crippen LogP contribution in [0.15, 0.2) is 42.6 Å². The fraction of sp³-hybridized carbons (Fsp3) is 0.278. The first-order valence-electron chi connectivity index (χ1n) is 7.72. The van der Waals surface area contributed by atoms with Crippen LogP contribution in [0.1, 0.15) is 11.1 Å². The second kappa shape index (κ2) is 7.01. The zero-order valence-corrected chi connectivity index (χ0v) is 13.5. The van der Waals surface area contributed by atoms with E-state index in [1.807, 2.05) is 34.1 Å². The quantitative estimate of drug-likeness (QED) is 0.858. The monoisotopic (exact) mass is 322 g/mol. The van der Waals surface area contributed by atoms with E-state index in [0.717, 1.165) is 11.3 Å². The number of carbonyl (C=O) groups excluding carboxylic acids is 1. The van der Waals surface area contributed by atoms with Crippen molar-refractivity contribution >= 4 is 11.7 Å². The molecule has 122 valence electrons. The highest BCUT2D eigenvalue weighted by atomic mass is 16.5. The molecule has 2 aromatic rings. The van der Waals surface area contributed by atoms with E-state index in [1.165, 1.54) is 0 Å². The van der Waals surface area contributed by atoms with E-state index in [1.54, 1.807) is 25.4 Å². The summed E-state index contributed by atoms with van der Waals surface area (Å²) >= 11 is 0. The molecule has 1 saturated heterocycles. The fourth-order valence-electron chi connectivity index (χ4n) is 2.78. The zero-order chi connectivity index (χ0) is 16.9. The Balaban J connectivity index is 1.69. The van der Waals surface area contributed by atoms with Gasteiger partial charge in [0.1, 0.15) is 17.6 Å². The lowest BCUT2D eigenvalue weighted by Gasteiger charge is -2.35. The van der Waals surface area contributed by atoms with E-state index in [4.69, 9.17) is 4.74 Å². The summed E-state index contributed by atoms with van der Waals surface area (Å²) in [6.45, 7) is 2.03. The molecule has 1 aliphatic rings. The predicted molar refractivity (Wildman–Crippen MR) is 89.6 cm³/mol. The Morgan fingerprint density at radius 3 is 2.92 bits per heavy atom. The van der Waals surface area contributed by atoms with Crippen LogP contribution in [-0.2, 0) is 11.3 Å². The van der Waals surface area contributed by atoms with Crippen molar-refractivity contribution in [1.29, 1.82) is 5.26 Å². The van der Waals surface area contributed by atoms with Crippen LogP contribution in [-0.4, -0.2) is 42.5 Å². The van der Waals surface area contributed by atoms with Gasteiger partial charge in [-0.3, -0.25) is 4.79 Å². The summed E-state index contributed by atoms with van der Waals surface area (Å²) in [7, 11) is 1.63. The number of benzene rings is 1. The molecule has 1 aromatic heterocycles. The summed E-state index contributed by atoms with van der Waals surface area (Å²) in [5.74, 6) is 1.39. The molecule has 24 heavy (non-hydrogen) atoms. The van der Waals surface area contributed by atoms with Crippen molar-refractivity contribution in [1.82, 2.24) is 9.88 Å². The Morgan fingerprint density at radius 2 is 2.17 bits per heavy atom. The van der Waals surface area contributed by atoms with Crippen LogP contribution in [0.2, 0.25) is 0 Å². The van der Waals surface area contributed by atoms with Crippen molar-refractivity contribution in [3.8, 4) is 11.8 Å². The van der Waals surface area contributed by atoms with E-state index in [-0.39, 0.29) is 12.5 Å². The highest BCUT2D eigenvalue weighted by Gasteiger charge is 2.26. The lowest BCUT2D eigenvalue weighted by atomic mass is 10.1. The molecule has 1 aromatic carbocycles. The number of nitrogens with zero attached hydrogens (tertiary/aromatic N) is 4. The molecule has 0 atom stereocenters. The standard InChI is InChI=1S/C18H18N4O2/c1-24-16-6-2-4-14(10-16)12-21-8-9-22(13-17(21)23)18-15(11-19)5-3-7-20-18/h2-7,10H,8-9,12-13H2,1H3. The number of nitriles is 1. The SMILES string of the molecule is COc1cccc(CN2CCN(c3ncccc3C#N)CC2=O)c1. The van der Waals surface area contributed by atoms with Crippen molar-refractivity contribution in [2.45, 2.75) is 6.54 Å². The van der Waals surface area contributed by atoms with Gasteiger partial charge in [-0.1, -0.05) is 12.1 Å². The molecular formula is C18H18N4O2. The Kier molecular flexibility index (Phi) is 4.62. The highest BCUT2D eigenvalue weighted by molar-refractivity contribution is 5.83. The minimum atomic E-state index is 0.0265. The molecule has 0 N–H and O–H groups in total. The molecule has 2 heterocycles. The van der Waals surface area contributed by atoms with Crippen molar-refractivity contribution < 1.29 is 9.53 Å². The second-order valence-corrected chi connectivity index (χ2v) is 5.57. The smallest absolute Gasteiger partial charge is 0.242 e. The van der Waals surface area contributed by atoms with Crippen molar-refractivity contribution in [3.05, 3.63) is 53.7 Å². The molecule has 6 heteroatoms. The van der Waals surface area contributed by atoms with E-state index in [9.17, 15) is 10.1 Å². The molecule has 0 spiro atoms. The topological polar surface area (TPSA) is 69.5 Å². The Morgan fingerprint density at radius 1 is 1.29 bits per heavy atom. The number of anilines is 1. The van der Waals surface area contributed by atoms with Gasteiger partial charge >= 0.3 is 0 Å². The fourth-order valence-corrected chi connectivity index (χ4v) is 2.78. The van der Waals surface area contributed by atoms with Crippen molar-refractivity contribution in [3.63, 3.8) is 0 Å². The van der Waals surface area contributed by atoms with E-state index in [2.05, 4.69) is 11.1 Å². The number of piperazine rings is 1. The van der Waals surface area contributed by atoms with Gasteiger partial charge in [0.2, 0.25) is 5.91 Å². The van der Waals surface area contributed by atoms with Gasteiger partial charge in [0.05, 0.1) is 19.2 Å². The van der Waals surface area contributed by atoms with E-state index < -0.39 is 0 Å². The minimum Gasteiger partial charge on any atom is -0.497 e. The van der Waals surface area contributed by atoms with Gasteiger partial charge in [0, 0.05) is 25.8 Å². The molecule has 1 fully saturated rings. The highest BCUT2D eigenvalue weighted by Crippen LogP contribution is 2.20. The number of ether oxygens (including phenoxy) is 1. The number of hydrogen-bond acceptors (Lipinski definition) is 5. The van der Waals surface area contributed by atoms with Gasteiger partial charge in [-0.2, -0.15) is 5.26 Å². The van der Waals surface area contributed by atoms with Crippen molar-refractivity contribution in [2.75, 3.05) is 31.6 Å². The maximum Gasteiger partial charge on any atom is 0.242 e. The molecule has 0 aliphatic carbocycles. The molecule has 0 unspecified atom stereocenters. The first kappa shape index (κ1) is 15.8. The molecule has 3 rings (SSSR count). The van der Waals surface area contributed by atoms with Crippen LogP contribution >= 0.6 is 0 Å². The summed E-state index contributed by atoms with van der Waals surface area (Å²) in [6.07, 6.45) is 1.64. The van der Waals surface area contributed by atoms with Gasteiger partial charge in [0.25, 0.3) is 0 Å².